The second-order valence-corrected chi connectivity index (χ2v) is 4.66. The molecule has 0 unspecified atom stereocenters. The maximum Gasteiger partial charge on any atom is 0.138 e. The number of anilines is 1. The van der Waals surface area contributed by atoms with Crippen molar-refractivity contribution in [2.24, 2.45) is 0 Å². The van der Waals surface area contributed by atoms with Gasteiger partial charge < -0.3 is 16.2 Å². The van der Waals surface area contributed by atoms with Crippen LogP contribution in [0.5, 0.6) is 5.75 Å². The average molecular weight is 268 g/mol. The van der Waals surface area contributed by atoms with Crippen LogP contribution in [0.2, 0.25) is 0 Å². The molecule has 2 aromatic carbocycles. The molecule has 0 spiro atoms. The molecule has 2 rings (SSSR count). The normalized spacial score (nSPS) is 11.0. The monoisotopic (exact) mass is 268 g/mol. The molecule has 0 fully saturated rings. The van der Waals surface area contributed by atoms with Crippen molar-refractivity contribution in [2.45, 2.75) is 6.42 Å². The summed E-state index contributed by atoms with van der Waals surface area (Å²) in [4.78, 5) is 0. The second-order valence-electron chi connectivity index (χ2n) is 4.66. The zero-order chi connectivity index (χ0) is 14.2. The summed E-state index contributed by atoms with van der Waals surface area (Å²) in [6.45, 7) is 1.71. The molecule has 0 saturated heterocycles. The van der Waals surface area contributed by atoms with E-state index in [1.165, 1.54) is 5.56 Å². The number of benzene rings is 2. The molecular weight excluding hydrogens is 248 g/mol. The van der Waals surface area contributed by atoms with Crippen LogP contribution in [-0.4, -0.2) is 18.2 Å². The van der Waals surface area contributed by atoms with Gasteiger partial charge in [-0.15, -0.1) is 0 Å². The van der Waals surface area contributed by atoms with E-state index in [9.17, 15) is 5.11 Å². The Hall–Kier alpha value is -2.26. The van der Waals surface area contributed by atoms with Crippen molar-refractivity contribution in [2.75, 3.05) is 18.8 Å². The molecule has 2 aromatic rings. The lowest BCUT2D eigenvalue weighted by Crippen LogP contribution is -2.16. The minimum atomic E-state index is 0.146. The molecule has 0 radical (unpaired) electrons. The lowest BCUT2D eigenvalue weighted by Gasteiger charge is -2.05. The van der Waals surface area contributed by atoms with Crippen molar-refractivity contribution in [1.82, 2.24) is 5.32 Å². The smallest absolute Gasteiger partial charge is 0.138 e. The van der Waals surface area contributed by atoms with Gasteiger partial charge in [-0.2, -0.15) is 0 Å². The van der Waals surface area contributed by atoms with Gasteiger partial charge >= 0.3 is 0 Å². The number of rotatable bonds is 6. The predicted octanol–water partition coefficient (Wildman–Crippen LogP) is 2.82. The van der Waals surface area contributed by atoms with Crippen molar-refractivity contribution < 1.29 is 5.11 Å². The van der Waals surface area contributed by atoms with Crippen molar-refractivity contribution in [1.29, 1.82) is 0 Å². The molecule has 4 N–H and O–H groups in total. The van der Waals surface area contributed by atoms with Crippen LogP contribution >= 0.6 is 0 Å². The summed E-state index contributed by atoms with van der Waals surface area (Å²) < 4.78 is 0. The third kappa shape index (κ3) is 4.44. The average Bonchev–Trinajstić information content (AvgIpc) is 2.47. The minimum absolute atomic E-state index is 0.146. The molecule has 0 saturated carbocycles. The summed E-state index contributed by atoms with van der Waals surface area (Å²) in [6.07, 6.45) is 5.11. The largest absolute Gasteiger partial charge is 0.506 e. The Morgan fingerprint density at radius 1 is 1.10 bits per heavy atom. The first-order valence-corrected chi connectivity index (χ1v) is 6.75. The molecular formula is C17H20N2O. The van der Waals surface area contributed by atoms with Gasteiger partial charge in [0.2, 0.25) is 0 Å². The maximum atomic E-state index is 9.34. The topological polar surface area (TPSA) is 58.3 Å². The van der Waals surface area contributed by atoms with Gasteiger partial charge in [-0.25, -0.2) is 0 Å². The first-order chi connectivity index (χ1) is 9.75. The summed E-state index contributed by atoms with van der Waals surface area (Å²) in [5.74, 6) is 0.146. The van der Waals surface area contributed by atoms with E-state index in [4.69, 9.17) is 5.73 Å². The van der Waals surface area contributed by atoms with Crippen LogP contribution in [0.4, 0.5) is 5.69 Å². The van der Waals surface area contributed by atoms with Gasteiger partial charge in [0.1, 0.15) is 5.75 Å². The van der Waals surface area contributed by atoms with Crippen LogP contribution in [0.15, 0.2) is 54.6 Å². The molecule has 20 heavy (non-hydrogen) atoms. The maximum absolute atomic E-state index is 9.34. The Morgan fingerprint density at radius 3 is 2.65 bits per heavy atom. The third-order valence-corrected chi connectivity index (χ3v) is 3.05. The van der Waals surface area contributed by atoms with E-state index in [1.807, 2.05) is 30.3 Å². The zero-order valence-electron chi connectivity index (χ0n) is 11.4. The van der Waals surface area contributed by atoms with E-state index in [1.54, 1.807) is 6.07 Å². The third-order valence-electron chi connectivity index (χ3n) is 3.05. The molecule has 0 aliphatic heterocycles. The van der Waals surface area contributed by atoms with Crippen molar-refractivity contribution >= 4 is 11.8 Å². The summed E-state index contributed by atoms with van der Waals surface area (Å²) in [6, 6.07) is 15.6. The van der Waals surface area contributed by atoms with Gasteiger partial charge in [0.25, 0.3) is 0 Å². The molecule has 104 valence electrons. The first-order valence-electron chi connectivity index (χ1n) is 6.75. The number of nitrogens with one attached hydrogen (secondary N) is 1. The molecule has 0 amide bonds. The van der Waals surface area contributed by atoms with Crippen molar-refractivity contribution in [3.05, 3.63) is 65.7 Å². The molecule has 0 bridgehead atoms. The van der Waals surface area contributed by atoms with E-state index in [2.05, 4.69) is 29.6 Å². The highest BCUT2D eigenvalue weighted by Crippen LogP contribution is 2.20. The Bertz CT molecular complexity index is 564. The fourth-order valence-corrected chi connectivity index (χ4v) is 1.94. The van der Waals surface area contributed by atoms with Gasteiger partial charge in [-0.05, 0) is 36.2 Å². The molecule has 3 heteroatoms. The fourth-order valence-electron chi connectivity index (χ4n) is 1.94. The Labute approximate surface area is 119 Å². The van der Waals surface area contributed by atoms with Crippen LogP contribution in [0.25, 0.3) is 6.08 Å². The SMILES string of the molecule is Nc1cc(CCNC/C=C/c2ccccc2)ccc1O. The van der Waals surface area contributed by atoms with Gasteiger partial charge in [0.05, 0.1) is 5.69 Å². The van der Waals surface area contributed by atoms with Gasteiger partial charge in [0, 0.05) is 6.54 Å². The fraction of sp³-hybridized carbons (Fsp3) is 0.176. The molecule has 0 aliphatic carbocycles. The lowest BCUT2D eigenvalue weighted by atomic mass is 10.1. The van der Waals surface area contributed by atoms with E-state index in [0.29, 0.717) is 5.69 Å². The van der Waals surface area contributed by atoms with Crippen molar-refractivity contribution in [3.63, 3.8) is 0 Å². The molecule has 0 aromatic heterocycles. The van der Waals surface area contributed by atoms with E-state index in [-0.39, 0.29) is 5.75 Å². The molecule has 0 aliphatic rings. The van der Waals surface area contributed by atoms with E-state index < -0.39 is 0 Å². The quantitative estimate of drug-likeness (QED) is 0.429. The number of nitrogen functional groups attached to an aromatic ring is 1. The first kappa shape index (κ1) is 14.2. The Kier molecular flexibility index (Phi) is 5.21. The van der Waals surface area contributed by atoms with Gasteiger partial charge in [0.15, 0.2) is 0 Å². The van der Waals surface area contributed by atoms with Gasteiger partial charge in [-0.1, -0.05) is 48.6 Å². The number of aromatic hydroxyl groups is 1. The van der Waals surface area contributed by atoms with E-state index >= 15 is 0 Å². The second kappa shape index (κ2) is 7.36. The molecule has 3 nitrogen and oxygen atoms in total. The number of nitrogens with two attached hydrogens (primary N) is 1. The number of phenols is 1. The number of phenolic OH excluding ortho intramolecular Hbond substituents is 1. The minimum Gasteiger partial charge on any atom is -0.506 e. The highest BCUT2D eigenvalue weighted by Gasteiger charge is 1.98. The van der Waals surface area contributed by atoms with E-state index in [0.717, 1.165) is 25.1 Å². The van der Waals surface area contributed by atoms with Crippen LogP contribution in [-0.2, 0) is 6.42 Å². The highest BCUT2D eigenvalue weighted by molar-refractivity contribution is 5.53. The highest BCUT2D eigenvalue weighted by atomic mass is 16.3. The lowest BCUT2D eigenvalue weighted by molar-refractivity contribution is 0.477. The Morgan fingerprint density at radius 2 is 1.90 bits per heavy atom. The summed E-state index contributed by atoms with van der Waals surface area (Å²) >= 11 is 0. The summed E-state index contributed by atoms with van der Waals surface area (Å²) in [5, 5.41) is 12.7. The van der Waals surface area contributed by atoms with Crippen LogP contribution in [0, 0.1) is 0 Å². The summed E-state index contributed by atoms with van der Waals surface area (Å²) in [7, 11) is 0. The predicted molar refractivity (Wildman–Crippen MR) is 84.6 cm³/mol. The number of hydrogen-bond donors (Lipinski definition) is 3. The Balaban J connectivity index is 1.69. The van der Waals surface area contributed by atoms with Crippen LogP contribution in [0.3, 0.4) is 0 Å². The molecule has 0 atom stereocenters. The van der Waals surface area contributed by atoms with Crippen molar-refractivity contribution in [3.8, 4) is 5.75 Å². The standard InChI is InChI=1S/C17H20N2O/c18-16-13-15(8-9-17(16)20)10-12-19-11-4-7-14-5-2-1-3-6-14/h1-9,13,19-20H,10-12,18H2/b7-4+. The summed E-state index contributed by atoms with van der Waals surface area (Å²) in [5.41, 5.74) is 8.43. The molecule has 0 heterocycles. The zero-order valence-corrected chi connectivity index (χ0v) is 11.4. The number of hydrogen-bond acceptors (Lipinski definition) is 3. The van der Waals surface area contributed by atoms with Crippen LogP contribution in [0.1, 0.15) is 11.1 Å². The van der Waals surface area contributed by atoms with Gasteiger partial charge in [-0.3, -0.25) is 0 Å². The van der Waals surface area contributed by atoms with Crippen LogP contribution < -0.4 is 11.1 Å².